The van der Waals surface area contributed by atoms with E-state index >= 15 is 0 Å². The van der Waals surface area contributed by atoms with Crippen LogP contribution in [0.2, 0.25) is 0 Å². The predicted molar refractivity (Wildman–Crippen MR) is 64.4 cm³/mol. The molecule has 2 heterocycles. The van der Waals surface area contributed by atoms with Gasteiger partial charge in [-0.05, 0) is 26.7 Å². The molecule has 1 saturated heterocycles. The molecule has 2 N–H and O–H groups in total. The first kappa shape index (κ1) is 12.0. The van der Waals surface area contributed by atoms with Crippen molar-refractivity contribution < 1.29 is 4.74 Å². The van der Waals surface area contributed by atoms with Gasteiger partial charge in [0, 0.05) is 5.92 Å². The lowest BCUT2D eigenvalue weighted by Crippen LogP contribution is -2.14. The van der Waals surface area contributed by atoms with Crippen LogP contribution in [0.15, 0.2) is 0 Å². The highest BCUT2D eigenvalue weighted by atomic mass is 32.1. The van der Waals surface area contributed by atoms with Crippen molar-refractivity contribution in [2.24, 2.45) is 11.7 Å². The highest BCUT2D eigenvalue weighted by Gasteiger charge is 2.40. The van der Waals surface area contributed by atoms with Crippen LogP contribution in [0.1, 0.15) is 49.7 Å². The summed E-state index contributed by atoms with van der Waals surface area (Å²) in [6.07, 6.45) is 0.515. The first-order valence-electron chi connectivity index (χ1n) is 5.75. The standard InChI is InChI=1S/C11H19N3OS/c1-5-7(3)15-8(4)9(5)11-14-13-10(16-11)6(2)12/h5-9H,12H2,1-4H3. The second kappa shape index (κ2) is 4.39. The molecule has 0 amide bonds. The molecule has 1 aromatic rings. The summed E-state index contributed by atoms with van der Waals surface area (Å²) >= 11 is 1.62. The molecule has 90 valence electrons. The molecule has 1 aromatic heterocycles. The summed E-state index contributed by atoms with van der Waals surface area (Å²) < 4.78 is 5.82. The minimum atomic E-state index is -0.0309. The van der Waals surface area contributed by atoms with Crippen LogP contribution in [0, 0.1) is 5.92 Å². The molecule has 0 aromatic carbocycles. The topological polar surface area (TPSA) is 61.0 Å². The van der Waals surface area contributed by atoms with Gasteiger partial charge in [-0.15, -0.1) is 10.2 Å². The molecular weight excluding hydrogens is 222 g/mol. The molecule has 2 rings (SSSR count). The van der Waals surface area contributed by atoms with E-state index in [1.165, 1.54) is 0 Å². The first-order valence-corrected chi connectivity index (χ1v) is 6.56. The molecule has 4 nitrogen and oxygen atoms in total. The van der Waals surface area contributed by atoms with Gasteiger partial charge in [0.15, 0.2) is 0 Å². The van der Waals surface area contributed by atoms with Crippen molar-refractivity contribution in [2.45, 2.75) is 51.9 Å². The molecule has 0 saturated carbocycles. The van der Waals surface area contributed by atoms with E-state index in [1.54, 1.807) is 11.3 Å². The molecule has 1 fully saturated rings. The number of nitrogens with zero attached hydrogens (tertiary/aromatic N) is 2. The maximum atomic E-state index is 5.82. The van der Waals surface area contributed by atoms with E-state index < -0.39 is 0 Å². The highest BCUT2D eigenvalue weighted by Crippen LogP contribution is 2.41. The van der Waals surface area contributed by atoms with Crippen molar-refractivity contribution in [3.63, 3.8) is 0 Å². The predicted octanol–water partition coefficient (Wildman–Crippen LogP) is 2.08. The minimum absolute atomic E-state index is 0.0309. The summed E-state index contributed by atoms with van der Waals surface area (Å²) in [5, 5.41) is 10.4. The molecule has 5 unspecified atom stereocenters. The Bertz CT molecular complexity index is 366. The summed E-state index contributed by atoms with van der Waals surface area (Å²) in [7, 11) is 0. The lowest BCUT2D eigenvalue weighted by Gasteiger charge is -2.14. The van der Waals surface area contributed by atoms with Crippen LogP contribution in [0.3, 0.4) is 0 Å². The SMILES string of the molecule is CC(N)c1nnc(C2C(C)OC(C)C2C)s1. The Hall–Kier alpha value is -0.520. The third kappa shape index (κ3) is 1.99. The lowest BCUT2D eigenvalue weighted by atomic mass is 9.90. The average molecular weight is 241 g/mol. The Morgan fingerprint density at radius 2 is 1.94 bits per heavy atom. The normalized spacial score (nSPS) is 36.6. The number of nitrogens with two attached hydrogens (primary N) is 1. The molecular formula is C11H19N3OS. The zero-order valence-electron chi connectivity index (χ0n) is 10.2. The second-order valence-corrected chi connectivity index (χ2v) is 5.74. The van der Waals surface area contributed by atoms with Gasteiger partial charge in [0.1, 0.15) is 10.0 Å². The van der Waals surface area contributed by atoms with E-state index in [9.17, 15) is 0 Å². The molecule has 0 bridgehead atoms. The molecule has 5 atom stereocenters. The third-order valence-electron chi connectivity index (χ3n) is 3.37. The van der Waals surface area contributed by atoms with E-state index in [0.717, 1.165) is 10.0 Å². The van der Waals surface area contributed by atoms with Gasteiger partial charge in [-0.25, -0.2) is 0 Å². The number of hydrogen-bond donors (Lipinski definition) is 1. The van der Waals surface area contributed by atoms with E-state index in [1.807, 2.05) is 6.92 Å². The molecule has 1 aliphatic heterocycles. The zero-order chi connectivity index (χ0) is 11.9. The summed E-state index contributed by atoms with van der Waals surface area (Å²) in [5.41, 5.74) is 5.80. The minimum Gasteiger partial charge on any atom is -0.375 e. The average Bonchev–Trinajstić information content (AvgIpc) is 2.74. The smallest absolute Gasteiger partial charge is 0.133 e. The molecule has 1 aliphatic rings. The molecule has 5 heteroatoms. The van der Waals surface area contributed by atoms with Gasteiger partial charge in [0.2, 0.25) is 0 Å². The van der Waals surface area contributed by atoms with Gasteiger partial charge in [0.25, 0.3) is 0 Å². The van der Waals surface area contributed by atoms with Gasteiger partial charge in [-0.2, -0.15) is 0 Å². The van der Waals surface area contributed by atoms with E-state index in [2.05, 4.69) is 31.0 Å². The van der Waals surface area contributed by atoms with Crippen LogP contribution in [0.4, 0.5) is 0 Å². The van der Waals surface area contributed by atoms with Gasteiger partial charge in [-0.1, -0.05) is 18.3 Å². The lowest BCUT2D eigenvalue weighted by molar-refractivity contribution is 0.0556. The maximum Gasteiger partial charge on any atom is 0.133 e. The van der Waals surface area contributed by atoms with E-state index in [4.69, 9.17) is 10.5 Å². The number of ether oxygens (including phenoxy) is 1. The molecule has 0 radical (unpaired) electrons. The van der Waals surface area contributed by atoms with E-state index in [0.29, 0.717) is 17.9 Å². The Kier molecular flexibility index (Phi) is 3.28. The van der Waals surface area contributed by atoms with Crippen molar-refractivity contribution in [2.75, 3.05) is 0 Å². The number of hydrogen-bond acceptors (Lipinski definition) is 5. The third-order valence-corrected chi connectivity index (χ3v) is 4.60. The van der Waals surface area contributed by atoms with E-state index in [-0.39, 0.29) is 12.1 Å². The van der Waals surface area contributed by atoms with Gasteiger partial charge < -0.3 is 10.5 Å². The van der Waals surface area contributed by atoms with Gasteiger partial charge in [0.05, 0.1) is 18.2 Å². The van der Waals surface area contributed by atoms with Crippen LogP contribution in [-0.4, -0.2) is 22.4 Å². The Morgan fingerprint density at radius 3 is 2.38 bits per heavy atom. The van der Waals surface area contributed by atoms with Crippen molar-refractivity contribution in [3.05, 3.63) is 10.0 Å². The Morgan fingerprint density at radius 1 is 1.25 bits per heavy atom. The van der Waals surface area contributed by atoms with Crippen LogP contribution in [-0.2, 0) is 4.74 Å². The molecule has 16 heavy (non-hydrogen) atoms. The highest BCUT2D eigenvalue weighted by molar-refractivity contribution is 7.11. The Labute approximate surface area is 100 Å². The fourth-order valence-electron chi connectivity index (χ4n) is 2.26. The first-order chi connectivity index (χ1) is 7.50. The van der Waals surface area contributed by atoms with Crippen LogP contribution < -0.4 is 5.73 Å². The summed E-state index contributed by atoms with van der Waals surface area (Å²) in [6, 6.07) is -0.0309. The molecule has 0 aliphatic carbocycles. The fraction of sp³-hybridized carbons (Fsp3) is 0.818. The summed E-state index contributed by atoms with van der Waals surface area (Å²) in [4.78, 5) is 0. The van der Waals surface area contributed by atoms with Gasteiger partial charge >= 0.3 is 0 Å². The van der Waals surface area contributed by atoms with Crippen LogP contribution >= 0.6 is 11.3 Å². The largest absolute Gasteiger partial charge is 0.375 e. The molecule has 0 spiro atoms. The summed E-state index contributed by atoms with van der Waals surface area (Å²) in [6.45, 7) is 8.38. The fourth-order valence-corrected chi connectivity index (χ4v) is 3.36. The van der Waals surface area contributed by atoms with Crippen LogP contribution in [0.25, 0.3) is 0 Å². The van der Waals surface area contributed by atoms with Crippen molar-refractivity contribution in [1.29, 1.82) is 0 Å². The summed E-state index contributed by atoms with van der Waals surface area (Å²) in [5.74, 6) is 0.851. The quantitative estimate of drug-likeness (QED) is 0.861. The number of aromatic nitrogens is 2. The van der Waals surface area contributed by atoms with Crippen molar-refractivity contribution in [3.8, 4) is 0 Å². The van der Waals surface area contributed by atoms with Crippen molar-refractivity contribution >= 4 is 11.3 Å². The second-order valence-electron chi connectivity index (χ2n) is 4.70. The maximum absolute atomic E-state index is 5.82. The Balaban J connectivity index is 2.23. The monoisotopic (exact) mass is 241 g/mol. The number of rotatable bonds is 2. The van der Waals surface area contributed by atoms with Gasteiger partial charge in [-0.3, -0.25) is 0 Å². The van der Waals surface area contributed by atoms with Crippen LogP contribution in [0.5, 0.6) is 0 Å². The van der Waals surface area contributed by atoms with Crippen molar-refractivity contribution in [1.82, 2.24) is 10.2 Å². The zero-order valence-corrected chi connectivity index (χ0v) is 11.0.